The van der Waals surface area contributed by atoms with Gasteiger partial charge in [0.25, 0.3) is 0 Å². The van der Waals surface area contributed by atoms with E-state index in [-0.39, 0.29) is 25.7 Å². The Hall–Kier alpha value is -5.58. The lowest BCUT2D eigenvalue weighted by Gasteiger charge is -2.21. The van der Waals surface area contributed by atoms with Crippen molar-refractivity contribution in [3.05, 3.63) is 170 Å². The molecule has 0 spiro atoms. The third-order valence-corrected chi connectivity index (χ3v) is 17.1. The minimum Gasteiger partial charge on any atom is -0.462 e. The maximum atomic E-state index is 13.1. The molecule has 17 nitrogen and oxygen atoms in total. The van der Waals surface area contributed by atoms with Crippen LogP contribution in [0, 0.1) is 0 Å². The minimum absolute atomic E-state index is 0.0493. The number of ether oxygens (including phenoxy) is 4. The number of hydrogen-bond acceptors (Lipinski definition) is 15. The Bertz CT molecular complexity index is 2600. The van der Waals surface area contributed by atoms with Gasteiger partial charge in [0.15, 0.2) is 12.2 Å². The zero-order valence-electron chi connectivity index (χ0n) is 63.0. The highest BCUT2D eigenvalue weighted by atomic mass is 31.2. The molecule has 0 amide bonds. The summed E-state index contributed by atoms with van der Waals surface area (Å²) in [6.45, 7) is 4.31. The van der Waals surface area contributed by atoms with Crippen LogP contribution in [0.3, 0.4) is 0 Å². The van der Waals surface area contributed by atoms with E-state index < -0.39 is 97.5 Å². The van der Waals surface area contributed by atoms with Gasteiger partial charge in [-0.05, 0) is 154 Å². The van der Waals surface area contributed by atoms with E-state index in [1.165, 1.54) is 25.7 Å². The number of aliphatic hydroxyl groups is 1. The van der Waals surface area contributed by atoms with Gasteiger partial charge in [0, 0.05) is 19.3 Å². The van der Waals surface area contributed by atoms with E-state index in [0.717, 1.165) is 167 Å². The number of aliphatic hydroxyl groups excluding tert-OH is 1. The van der Waals surface area contributed by atoms with Gasteiger partial charge in [0.2, 0.25) is 0 Å². The molecule has 3 N–H and O–H groups in total. The average Bonchev–Trinajstić information content (AvgIpc) is 0.908. The van der Waals surface area contributed by atoms with Crippen molar-refractivity contribution in [3.8, 4) is 0 Å². The first kappa shape index (κ1) is 96.4. The Morgan fingerprint density at radius 1 is 0.294 bits per heavy atom. The molecular formula is C83H134O17P2. The number of esters is 4. The first-order chi connectivity index (χ1) is 49.7. The number of allylic oxidation sites excluding steroid dienone is 27. The number of carbonyl (C=O) groups excluding carboxylic acids is 4. The molecule has 0 bridgehead atoms. The fourth-order valence-electron chi connectivity index (χ4n) is 9.44. The van der Waals surface area contributed by atoms with Gasteiger partial charge in [0.1, 0.15) is 19.3 Å². The average molecular weight is 1470 g/mol. The first-order valence-electron chi connectivity index (χ1n) is 38.4. The van der Waals surface area contributed by atoms with Crippen molar-refractivity contribution < 1.29 is 80.2 Å². The molecule has 102 heavy (non-hydrogen) atoms. The Balaban J connectivity index is 5.47. The smallest absolute Gasteiger partial charge is 0.462 e. The third kappa shape index (κ3) is 72.8. The lowest BCUT2D eigenvalue weighted by atomic mass is 10.1. The summed E-state index contributed by atoms with van der Waals surface area (Å²) < 4.78 is 68.3. The van der Waals surface area contributed by atoms with Crippen molar-refractivity contribution in [2.45, 2.75) is 290 Å². The molecule has 0 saturated heterocycles. The highest BCUT2D eigenvalue weighted by Gasteiger charge is 2.30. The van der Waals surface area contributed by atoms with Crippen LogP contribution >= 0.6 is 15.6 Å². The molecule has 0 aliphatic carbocycles. The zero-order valence-corrected chi connectivity index (χ0v) is 64.8. The minimum atomic E-state index is -5.01. The molecule has 0 saturated carbocycles. The standard InChI is InChI=1S/C83H134O17P2/c1-5-9-13-17-21-25-29-33-36-37-38-39-42-45-48-52-56-60-64-68-81(86)94-73-78(99-82(87)69-65-61-57-53-49-43-32-28-24-20-16-12-8-4)75-97-101(89,90)95-71-77(84)72-96-102(91,92)98-76-79(100-83(88)70-66-62-58-54-50-46-41-35-31-27-23-19-15-11-7-3)74-93-80(85)67-63-59-55-51-47-44-40-34-30-26-22-18-14-10-6-2/h9-11,13-15,21-23,25-28,32-36,38-41,45,47-48,51,59,63,77-79,84H,5-8,12,16-20,24,29-31,37,42-44,46,49-50,52-58,60-62,64-76H2,1-4H3,(H,89,90)(H,91,92)/b13-9-,14-10-,15-11-,25-21-,26-22-,27-23-,32-28-,36-33-,39-38-,40-34-,41-35-,48-45-,51-47-,63-59-. The van der Waals surface area contributed by atoms with E-state index >= 15 is 0 Å². The van der Waals surface area contributed by atoms with Gasteiger partial charge in [-0.15, -0.1) is 0 Å². The van der Waals surface area contributed by atoms with Crippen LogP contribution in [0.4, 0.5) is 0 Å². The summed E-state index contributed by atoms with van der Waals surface area (Å²) in [5, 5.41) is 10.6. The highest BCUT2D eigenvalue weighted by Crippen LogP contribution is 2.45. The number of hydrogen-bond donors (Lipinski definition) is 3. The van der Waals surface area contributed by atoms with Crippen molar-refractivity contribution in [3.63, 3.8) is 0 Å². The van der Waals surface area contributed by atoms with Crippen molar-refractivity contribution in [2.75, 3.05) is 39.6 Å². The molecule has 0 rings (SSSR count). The SMILES string of the molecule is CC/C=C\C/C=C\C/C=C\C/C=C\C/C=C\CCCCCC(=O)OCC(COP(=O)(O)OCC(O)COP(=O)(O)OCC(COC(=O)C/C=C\C/C=C\C/C=C\C/C=C\C/C=C\CC)OC(=O)CCCCCCC/C=C\C/C=C\C/C=C\CC)OC(=O)CCCCCCC/C=C\CCCCCC. The largest absolute Gasteiger partial charge is 0.472 e. The fourth-order valence-corrected chi connectivity index (χ4v) is 11.0. The van der Waals surface area contributed by atoms with Crippen LogP contribution in [0.5, 0.6) is 0 Å². The van der Waals surface area contributed by atoms with Gasteiger partial charge in [-0.25, -0.2) is 9.13 Å². The van der Waals surface area contributed by atoms with Gasteiger partial charge < -0.3 is 33.8 Å². The van der Waals surface area contributed by atoms with Gasteiger partial charge >= 0.3 is 39.5 Å². The molecule has 0 aromatic carbocycles. The highest BCUT2D eigenvalue weighted by molar-refractivity contribution is 7.47. The van der Waals surface area contributed by atoms with Crippen LogP contribution in [0.25, 0.3) is 0 Å². The Morgan fingerprint density at radius 2 is 0.549 bits per heavy atom. The number of unbranched alkanes of at least 4 members (excludes halogenated alkanes) is 17. The van der Waals surface area contributed by atoms with E-state index in [1.54, 1.807) is 6.08 Å². The molecule has 578 valence electrons. The molecule has 0 aliphatic rings. The van der Waals surface area contributed by atoms with E-state index in [1.807, 2.05) is 18.2 Å². The lowest BCUT2D eigenvalue weighted by molar-refractivity contribution is -0.161. The number of phosphoric ester groups is 2. The second-order valence-corrected chi connectivity index (χ2v) is 27.7. The maximum Gasteiger partial charge on any atom is 0.472 e. The van der Waals surface area contributed by atoms with Crippen LogP contribution < -0.4 is 0 Å². The van der Waals surface area contributed by atoms with Crippen molar-refractivity contribution in [1.29, 1.82) is 0 Å². The van der Waals surface area contributed by atoms with Crippen molar-refractivity contribution in [1.82, 2.24) is 0 Å². The zero-order chi connectivity index (χ0) is 74.6. The molecule has 19 heteroatoms. The van der Waals surface area contributed by atoms with Crippen molar-refractivity contribution >= 4 is 39.5 Å². The number of carbonyl (C=O) groups is 4. The molecule has 5 unspecified atom stereocenters. The summed E-state index contributed by atoms with van der Waals surface area (Å²) in [6, 6.07) is 0. The van der Waals surface area contributed by atoms with Gasteiger partial charge in [-0.1, -0.05) is 262 Å². The van der Waals surface area contributed by atoms with Crippen molar-refractivity contribution in [2.24, 2.45) is 0 Å². The van der Waals surface area contributed by atoms with Crippen LogP contribution in [0.1, 0.15) is 272 Å². The summed E-state index contributed by atoms with van der Waals surface area (Å²) in [4.78, 5) is 72.8. The lowest BCUT2D eigenvalue weighted by Crippen LogP contribution is -2.30. The van der Waals surface area contributed by atoms with Crippen LogP contribution in [-0.4, -0.2) is 96.7 Å². The molecule has 0 fully saturated rings. The number of rotatable bonds is 70. The summed E-state index contributed by atoms with van der Waals surface area (Å²) in [7, 11) is -10.0. The first-order valence-corrected chi connectivity index (χ1v) is 41.4. The fraction of sp³-hybridized carbons (Fsp3) is 0.614. The van der Waals surface area contributed by atoms with E-state index in [9.17, 15) is 43.2 Å². The topological polar surface area (TPSA) is 237 Å². The summed E-state index contributed by atoms with van der Waals surface area (Å²) >= 11 is 0. The van der Waals surface area contributed by atoms with E-state index in [4.69, 9.17) is 37.0 Å². The third-order valence-electron chi connectivity index (χ3n) is 15.2. The molecular weight excluding hydrogens is 1330 g/mol. The second-order valence-electron chi connectivity index (χ2n) is 24.8. The molecule has 0 aromatic rings. The number of phosphoric acid groups is 2. The predicted octanol–water partition coefficient (Wildman–Crippen LogP) is 22.2. The van der Waals surface area contributed by atoms with Crippen LogP contribution in [-0.2, 0) is 65.4 Å². The molecule has 0 heterocycles. The maximum absolute atomic E-state index is 13.1. The van der Waals surface area contributed by atoms with Crippen LogP contribution in [0.15, 0.2) is 170 Å². The van der Waals surface area contributed by atoms with Crippen LogP contribution in [0.2, 0.25) is 0 Å². The van der Waals surface area contributed by atoms with Gasteiger partial charge in [-0.3, -0.25) is 37.3 Å². The molecule has 5 atom stereocenters. The predicted molar refractivity (Wildman–Crippen MR) is 417 cm³/mol. The summed E-state index contributed by atoms with van der Waals surface area (Å²) in [5.74, 6) is -2.40. The Kier molecular flexibility index (Phi) is 69.7. The Morgan fingerprint density at radius 3 is 0.892 bits per heavy atom. The molecule has 0 aliphatic heterocycles. The second kappa shape index (κ2) is 73.7. The molecule has 0 aromatic heterocycles. The molecule has 0 radical (unpaired) electrons. The quantitative estimate of drug-likeness (QED) is 0.0169. The summed E-state index contributed by atoms with van der Waals surface area (Å²) in [5.41, 5.74) is 0. The normalized spacial score (nSPS) is 14.9. The van der Waals surface area contributed by atoms with E-state index in [2.05, 4.69) is 174 Å². The van der Waals surface area contributed by atoms with Gasteiger partial charge in [-0.2, -0.15) is 0 Å². The Labute approximate surface area is 616 Å². The summed E-state index contributed by atoms with van der Waals surface area (Å²) in [6.07, 6.45) is 86.6. The van der Waals surface area contributed by atoms with E-state index in [0.29, 0.717) is 25.7 Å². The monoisotopic (exact) mass is 1460 g/mol. The van der Waals surface area contributed by atoms with Gasteiger partial charge in [0.05, 0.1) is 32.8 Å².